The van der Waals surface area contributed by atoms with Gasteiger partial charge in [-0.05, 0) is 42.0 Å². The van der Waals surface area contributed by atoms with Crippen LogP contribution in [-0.4, -0.2) is 40.3 Å². The number of nitrogens with zero attached hydrogens (tertiary/aromatic N) is 1. The molecule has 0 saturated carbocycles. The second-order valence-corrected chi connectivity index (χ2v) is 8.96. The molecule has 0 unspecified atom stereocenters. The van der Waals surface area contributed by atoms with E-state index in [1.807, 2.05) is 60.7 Å². The predicted octanol–water partition coefficient (Wildman–Crippen LogP) is 3.23. The molecule has 0 atom stereocenters. The molecule has 8 heteroatoms. The smallest absolute Gasteiger partial charge is 0.240 e. The van der Waals surface area contributed by atoms with E-state index in [-0.39, 0.29) is 19.7 Å². The van der Waals surface area contributed by atoms with Crippen LogP contribution in [0.2, 0.25) is 0 Å². The summed E-state index contributed by atoms with van der Waals surface area (Å²) in [6, 6.07) is 25.6. The quantitative estimate of drug-likeness (QED) is 0.450. The van der Waals surface area contributed by atoms with E-state index in [1.165, 1.54) is 0 Å². The standard InChI is InChI=1S/C24H26N2O5S/c1-32(28,29)26(18-24(27)25-16-17-30-22-10-6-3-7-11-22)21-12-14-23(15-13-21)31-19-20-8-4-2-5-9-20/h2-15H,16-19H2,1H3,(H,25,27). The normalized spacial score (nSPS) is 10.9. The average Bonchev–Trinajstić information content (AvgIpc) is 2.80. The molecule has 0 aliphatic rings. The van der Waals surface area contributed by atoms with Gasteiger partial charge in [-0.1, -0.05) is 48.5 Å². The fourth-order valence-electron chi connectivity index (χ4n) is 2.91. The zero-order chi connectivity index (χ0) is 22.8. The zero-order valence-corrected chi connectivity index (χ0v) is 18.6. The van der Waals surface area contributed by atoms with E-state index in [0.29, 0.717) is 23.8 Å². The summed E-state index contributed by atoms with van der Waals surface area (Å²) in [5.74, 6) is 0.888. The van der Waals surface area contributed by atoms with Crippen LogP contribution in [0.15, 0.2) is 84.9 Å². The van der Waals surface area contributed by atoms with Gasteiger partial charge in [0.05, 0.1) is 18.5 Å². The van der Waals surface area contributed by atoms with Crippen LogP contribution in [-0.2, 0) is 21.4 Å². The minimum Gasteiger partial charge on any atom is -0.492 e. The molecule has 0 radical (unpaired) electrons. The van der Waals surface area contributed by atoms with Gasteiger partial charge in [0.2, 0.25) is 15.9 Å². The minimum absolute atomic E-state index is 0.262. The molecular weight excluding hydrogens is 428 g/mol. The van der Waals surface area contributed by atoms with Crippen LogP contribution in [0.1, 0.15) is 5.56 Å². The molecule has 0 aromatic heterocycles. The fraction of sp³-hybridized carbons (Fsp3) is 0.208. The van der Waals surface area contributed by atoms with E-state index in [0.717, 1.165) is 16.1 Å². The third-order valence-electron chi connectivity index (χ3n) is 4.50. The van der Waals surface area contributed by atoms with E-state index in [1.54, 1.807) is 24.3 Å². The lowest BCUT2D eigenvalue weighted by molar-refractivity contribution is -0.119. The number of ether oxygens (including phenoxy) is 2. The van der Waals surface area contributed by atoms with Gasteiger partial charge in [0.15, 0.2) is 0 Å². The van der Waals surface area contributed by atoms with E-state index in [4.69, 9.17) is 9.47 Å². The first-order chi connectivity index (χ1) is 15.4. The molecule has 1 amide bonds. The van der Waals surface area contributed by atoms with Crippen molar-refractivity contribution in [2.45, 2.75) is 6.61 Å². The largest absolute Gasteiger partial charge is 0.492 e. The van der Waals surface area contributed by atoms with E-state index in [9.17, 15) is 13.2 Å². The van der Waals surface area contributed by atoms with Crippen molar-refractivity contribution in [3.05, 3.63) is 90.5 Å². The second kappa shape index (κ2) is 11.2. The van der Waals surface area contributed by atoms with Crippen LogP contribution in [0.25, 0.3) is 0 Å². The Morgan fingerprint density at radius 3 is 2.06 bits per heavy atom. The summed E-state index contributed by atoms with van der Waals surface area (Å²) in [6.07, 6.45) is 1.07. The Balaban J connectivity index is 1.53. The summed E-state index contributed by atoms with van der Waals surface area (Å²) in [6.45, 7) is 0.623. The number of benzene rings is 3. The SMILES string of the molecule is CS(=O)(=O)N(CC(=O)NCCOc1ccccc1)c1ccc(OCc2ccccc2)cc1. The van der Waals surface area contributed by atoms with Crippen molar-refractivity contribution >= 4 is 21.6 Å². The van der Waals surface area contributed by atoms with Crippen LogP contribution >= 0.6 is 0 Å². The summed E-state index contributed by atoms with van der Waals surface area (Å²) < 4.78 is 36.8. The van der Waals surface area contributed by atoms with Crippen molar-refractivity contribution in [3.8, 4) is 11.5 Å². The molecule has 0 saturated heterocycles. The lowest BCUT2D eigenvalue weighted by atomic mass is 10.2. The Labute approximate surface area is 188 Å². The summed E-state index contributed by atoms with van der Waals surface area (Å²) in [5, 5.41) is 2.68. The number of amides is 1. The van der Waals surface area contributed by atoms with Crippen molar-refractivity contribution < 1.29 is 22.7 Å². The average molecular weight is 455 g/mol. The maximum Gasteiger partial charge on any atom is 0.240 e. The molecule has 0 aliphatic heterocycles. The number of sulfonamides is 1. The molecule has 0 bridgehead atoms. The second-order valence-electron chi connectivity index (χ2n) is 7.05. The molecule has 7 nitrogen and oxygen atoms in total. The molecule has 3 aromatic carbocycles. The van der Waals surface area contributed by atoms with Gasteiger partial charge in [0, 0.05) is 0 Å². The number of nitrogens with one attached hydrogen (secondary N) is 1. The molecule has 32 heavy (non-hydrogen) atoms. The zero-order valence-electron chi connectivity index (χ0n) is 17.8. The van der Waals surface area contributed by atoms with E-state index < -0.39 is 15.9 Å². The van der Waals surface area contributed by atoms with Crippen molar-refractivity contribution in [2.24, 2.45) is 0 Å². The number of anilines is 1. The van der Waals surface area contributed by atoms with Gasteiger partial charge in [0.1, 0.15) is 31.3 Å². The number of carbonyl (C=O) groups is 1. The van der Waals surface area contributed by atoms with Crippen LogP contribution in [0.5, 0.6) is 11.5 Å². The molecule has 0 fully saturated rings. The molecule has 0 heterocycles. The number of para-hydroxylation sites is 1. The van der Waals surface area contributed by atoms with Crippen LogP contribution in [0, 0.1) is 0 Å². The topological polar surface area (TPSA) is 84.9 Å². The molecular formula is C24H26N2O5S. The lowest BCUT2D eigenvalue weighted by Gasteiger charge is -2.22. The Hall–Kier alpha value is -3.52. The molecule has 0 aliphatic carbocycles. The molecule has 3 aromatic rings. The monoisotopic (exact) mass is 454 g/mol. The van der Waals surface area contributed by atoms with Gasteiger partial charge in [0.25, 0.3) is 0 Å². The van der Waals surface area contributed by atoms with Gasteiger partial charge in [-0.15, -0.1) is 0 Å². The summed E-state index contributed by atoms with van der Waals surface area (Å²) >= 11 is 0. The third-order valence-corrected chi connectivity index (χ3v) is 5.64. The van der Waals surface area contributed by atoms with Crippen LogP contribution in [0.4, 0.5) is 5.69 Å². The highest BCUT2D eigenvalue weighted by molar-refractivity contribution is 7.92. The van der Waals surface area contributed by atoms with Gasteiger partial charge in [-0.25, -0.2) is 8.42 Å². The first kappa shape index (κ1) is 23.1. The van der Waals surface area contributed by atoms with Crippen LogP contribution < -0.4 is 19.1 Å². The number of hydrogen-bond donors (Lipinski definition) is 1. The summed E-state index contributed by atoms with van der Waals surface area (Å²) in [4.78, 5) is 12.3. The van der Waals surface area contributed by atoms with Gasteiger partial charge in [-0.2, -0.15) is 0 Å². The van der Waals surface area contributed by atoms with Crippen molar-refractivity contribution in [1.82, 2.24) is 5.32 Å². The highest BCUT2D eigenvalue weighted by Gasteiger charge is 2.20. The highest BCUT2D eigenvalue weighted by Crippen LogP contribution is 2.22. The Morgan fingerprint density at radius 2 is 1.44 bits per heavy atom. The lowest BCUT2D eigenvalue weighted by Crippen LogP contribution is -2.41. The predicted molar refractivity (Wildman–Crippen MR) is 124 cm³/mol. The van der Waals surface area contributed by atoms with Gasteiger partial charge in [-0.3, -0.25) is 9.10 Å². The van der Waals surface area contributed by atoms with Crippen molar-refractivity contribution in [1.29, 1.82) is 0 Å². The van der Waals surface area contributed by atoms with E-state index in [2.05, 4.69) is 5.32 Å². The van der Waals surface area contributed by atoms with E-state index >= 15 is 0 Å². The first-order valence-electron chi connectivity index (χ1n) is 10.1. The van der Waals surface area contributed by atoms with Crippen molar-refractivity contribution in [3.63, 3.8) is 0 Å². The Bertz CT molecular complexity index is 1090. The molecule has 1 N–H and O–H groups in total. The van der Waals surface area contributed by atoms with Crippen LogP contribution in [0.3, 0.4) is 0 Å². The summed E-state index contributed by atoms with van der Waals surface area (Å²) in [7, 11) is -3.65. The van der Waals surface area contributed by atoms with Crippen molar-refractivity contribution in [2.75, 3.05) is 30.3 Å². The highest BCUT2D eigenvalue weighted by atomic mass is 32.2. The number of carbonyl (C=O) groups excluding carboxylic acids is 1. The Morgan fingerprint density at radius 1 is 0.844 bits per heavy atom. The Kier molecular flexibility index (Phi) is 8.10. The maximum absolute atomic E-state index is 12.3. The summed E-state index contributed by atoms with van der Waals surface area (Å²) in [5.41, 5.74) is 1.41. The molecule has 0 spiro atoms. The first-order valence-corrected chi connectivity index (χ1v) is 12.0. The fourth-order valence-corrected chi connectivity index (χ4v) is 3.77. The number of hydrogen-bond acceptors (Lipinski definition) is 5. The minimum atomic E-state index is -3.65. The van der Waals surface area contributed by atoms with Gasteiger partial charge >= 0.3 is 0 Å². The molecule has 3 rings (SSSR count). The third kappa shape index (κ3) is 7.31. The number of rotatable bonds is 11. The maximum atomic E-state index is 12.3. The van der Waals surface area contributed by atoms with Gasteiger partial charge < -0.3 is 14.8 Å². The molecule has 168 valence electrons.